The highest BCUT2D eigenvalue weighted by Gasteiger charge is 2.25. The SMILES string of the molecule is CC(C)(C)OC(=O)NC1CCC=C([N+](=O)[O-])C1. The molecule has 1 unspecified atom stereocenters. The molecule has 0 saturated heterocycles. The van der Waals surface area contributed by atoms with Gasteiger partial charge in [0, 0.05) is 6.04 Å². The molecule has 0 fully saturated rings. The molecule has 6 heteroatoms. The average molecular weight is 242 g/mol. The van der Waals surface area contributed by atoms with Crippen molar-refractivity contribution in [1.82, 2.24) is 5.32 Å². The number of ether oxygens (including phenoxy) is 1. The lowest BCUT2D eigenvalue weighted by molar-refractivity contribution is -0.429. The molecule has 0 aromatic carbocycles. The first-order chi connectivity index (χ1) is 7.78. The number of rotatable bonds is 2. The Bertz CT molecular complexity index is 344. The average Bonchev–Trinajstić information content (AvgIpc) is 2.14. The fourth-order valence-corrected chi connectivity index (χ4v) is 1.64. The standard InChI is InChI=1S/C11H18N2O4/c1-11(2,3)17-10(14)12-8-5-4-6-9(7-8)13(15)16/h6,8H,4-5,7H2,1-3H3,(H,12,14). The lowest BCUT2D eigenvalue weighted by atomic mass is 9.99. The molecule has 0 aromatic rings. The van der Waals surface area contributed by atoms with E-state index in [0.29, 0.717) is 12.8 Å². The van der Waals surface area contributed by atoms with Gasteiger partial charge in [0.05, 0.1) is 11.3 Å². The van der Waals surface area contributed by atoms with Crippen molar-refractivity contribution in [2.24, 2.45) is 0 Å². The summed E-state index contributed by atoms with van der Waals surface area (Å²) in [7, 11) is 0. The van der Waals surface area contributed by atoms with E-state index in [1.54, 1.807) is 26.8 Å². The van der Waals surface area contributed by atoms with E-state index in [-0.39, 0.29) is 18.2 Å². The molecule has 0 radical (unpaired) electrons. The van der Waals surface area contributed by atoms with Gasteiger partial charge in [0.15, 0.2) is 0 Å². The predicted octanol–water partition coefficient (Wildman–Crippen LogP) is 2.22. The number of amides is 1. The Morgan fingerprint density at radius 2 is 2.24 bits per heavy atom. The van der Waals surface area contributed by atoms with Gasteiger partial charge in [0.2, 0.25) is 5.70 Å². The van der Waals surface area contributed by atoms with Crippen LogP contribution in [0.4, 0.5) is 4.79 Å². The molecular weight excluding hydrogens is 224 g/mol. The Balaban J connectivity index is 2.46. The molecule has 1 aliphatic rings. The minimum absolute atomic E-state index is 0.164. The number of nitrogens with zero attached hydrogens (tertiary/aromatic N) is 1. The Morgan fingerprint density at radius 3 is 2.76 bits per heavy atom. The molecule has 1 amide bonds. The summed E-state index contributed by atoms with van der Waals surface area (Å²) in [5, 5.41) is 13.3. The number of nitro groups is 1. The molecule has 1 atom stereocenters. The van der Waals surface area contributed by atoms with Gasteiger partial charge >= 0.3 is 6.09 Å². The van der Waals surface area contributed by atoms with E-state index in [0.717, 1.165) is 0 Å². The molecule has 1 rings (SSSR count). The highest BCUT2D eigenvalue weighted by Crippen LogP contribution is 2.19. The smallest absolute Gasteiger partial charge is 0.407 e. The molecule has 0 aliphatic heterocycles. The van der Waals surface area contributed by atoms with Crippen molar-refractivity contribution in [1.29, 1.82) is 0 Å². The molecule has 0 heterocycles. The Kier molecular flexibility index (Phi) is 4.09. The topological polar surface area (TPSA) is 81.5 Å². The number of nitrogens with one attached hydrogen (secondary N) is 1. The van der Waals surface area contributed by atoms with Gasteiger partial charge in [-0.2, -0.15) is 0 Å². The maximum absolute atomic E-state index is 11.5. The van der Waals surface area contributed by atoms with Gasteiger partial charge in [0.25, 0.3) is 0 Å². The van der Waals surface area contributed by atoms with E-state index in [1.807, 2.05) is 0 Å². The van der Waals surface area contributed by atoms with Gasteiger partial charge in [-0.3, -0.25) is 10.1 Å². The Morgan fingerprint density at radius 1 is 1.59 bits per heavy atom. The lowest BCUT2D eigenvalue weighted by Gasteiger charge is -2.24. The zero-order valence-corrected chi connectivity index (χ0v) is 10.4. The van der Waals surface area contributed by atoms with Crippen LogP contribution in [0.2, 0.25) is 0 Å². The van der Waals surface area contributed by atoms with E-state index in [2.05, 4.69) is 5.32 Å². The van der Waals surface area contributed by atoms with Crippen molar-refractivity contribution in [2.75, 3.05) is 0 Å². The van der Waals surface area contributed by atoms with Crippen LogP contribution in [0.15, 0.2) is 11.8 Å². The van der Waals surface area contributed by atoms with Crippen LogP contribution in [-0.2, 0) is 4.74 Å². The minimum atomic E-state index is -0.555. The summed E-state index contributed by atoms with van der Waals surface area (Å²) in [6, 6.07) is -0.213. The molecule has 6 nitrogen and oxygen atoms in total. The first-order valence-corrected chi connectivity index (χ1v) is 5.61. The van der Waals surface area contributed by atoms with Gasteiger partial charge in [-0.25, -0.2) is 4.79 Å². The van der Waals surface area contributed by atoms with E-state index in [1.165, 1.54) is 0 Å². The third-order valence-electron chi connectivity index (χ3n) is 2.31. The van der Waals surface area contributed by atoms with E-state index in [4.69, 9.17) is 4.74 Å². The van der Waals surface area contributed by atoms with Crippen LogP contribution in [0.5, 0.6) is 0 Å². The maximum atomic E-state index is 11.5. The van der Waals surface area contributed by atoms with Crippen LogP contribution in [0, 0.1) is 10.1 Å². The van der Waals surface area contributed by atoms with E-state index < -0.39 is 16.6 Å². The molecule has 0 spiro atoms. The second-order valence-corrected chi connectivity index (χ2v) is 5.08. The van der Waals surface area contributed by atoms with Gasteiger partial charge in [-0.15, -0.1) is 0 Å². The van der Waals surface area contributed by atoms with Crippen molar-refractivity contribution >= 4 is 6.09 Å². The van der Waals surface area contributed by atoms with Crippen LogP contribution in [0.1, 0.15) is 40.0 Å². The van der Waals surface area contributed by atoms with Crippen LogP contribution in [0.3, 0.4) is 0 Å². The van der Waals surface area contributed by atoms with Crippen molar-refractivity contribution in [3.8, 4) is 0 Å². The van der Waals surface area contributed by atoms with E-state index in [9.17, 15) is 14.9 Å². The van der Waals surface area contributed by atoms with Crippen LogP contribution in [0.25, 0.3) is 0 Å². The molecule has 17 heavy (non-hydrogen) atoms. The number of allylic oxidation sites excluding steroid dienone is 1. The second kappa shape index (κ2) is 5.16. The third-order valence-corrected chi connectivity index (χ3v) is 2.31. The molecule has 0 saturated carbocycles. The summed E-state index contributed by atoms with van der Waals surface area (Å²) < 4.78 is 5.10. The summed E-state index contributed by atoms with van der Waals surface area (Å²) in [4.78, 5) is 21.7. The summed E-state index contributed by atoms with van der Waals surface area (Å²) in [6.45, 7) is 5.32. The number of carbonyl (C=O) groups excluding carboxylic acids is 1. The number of hydrogen-bond acceptors (Lipinski definition) is 4. The monoisotopic (exact) mass is 242 g/mol. The summed E-state index contributed by atoms with van der Waals surface area (Å²) in [5.74, 6) is 0. The second-order valence-electron chi connectivity index (χ2n) is 5.08. The van der Waals surface area contributed by atoms with Gasteiger partial charge in [-0.1, -0.05) is 0 Å². The van der Waals surface area contributed by atoms with Gasteiger partial charge in [0.1, 0.15) is 5.60 Å². The largest absolute Gasteiger partial charge is 0.444 e. The number of carbonyl (C=O) groups is 1. The van der Waals surface area contributed by atoms with Crippen molar-refractivity contribution < 1.29 is 14.5 Å². The first-order valence-electron chi connectivity index (χ1n) is 5.61. The van der Waals surface area contributed by atoms with E-state index >= 15 is 0 Å². The zero-order valence-electron chi connectivity index (χ0n) is 10.4. The van der Waals surface area contributed by atoms with Gasteiger partial charge < -0.3 is 10.1 Å². The normalized spacial score (nSPS) is 20.4. The van der Waals surface area contributed by atoms with Crippen molar-refractivity contribution in [3.05, 3.63) is 21.9 Å². The van der Waals surface area contributed by atoms with Crippen molar-refractivity contribution in [3.63, 3.8) is 0 Å². The summed E-state index contributed by atoms with van der Waals surface area (Å²) in [5.41, 5.74) is -0.391. The molecule has 1 N–H and O–H groups in total. The number of alkyl carbamates (subject to hydrolysis) is 1. The fraction of sp³-hybridized carbons (Fsp3) is 0.727. The van der Waals surface area contributed by atoms with Crippen LogP contribution in [-0.4, -0.2) is 22.7 Å². The third kappa shape index (κ3) is 4.84. The fourth-order valence-electron chi connectivity index (χ4n) is 1.64. The van der Waals surface area contributed by atoms with Crippen LogP contribution < -0.4 is 5.32 Å². The highest BCUT2D eigenvalue weighted by atomic mass is 16.6. The predicted molar refractivity (Wildman–Crippen MR) is 62.1 cm³/mol. The quantitative estimate of drug-likeness (QED) is 0.594. The minimum Gasteiger partial charge on any atom is -0.444 e. The number of hydrogen-bond donors (Lipinski definition) is 1. The zero-order chi connectivity index (χ0) is 13.1. The summed E-state index contributed by atoms with van der Waals surface area (Å²) in [6.07, 6.45) is 2.65. The van der Waals surface area contributed by atoms with Crippen molar-refractivity contribution in [2.45, 2.75) is 51.7 Å². The molecule has 0 aromatic heterocycles. The summed E-state index contributed by atoms with van der Waals surface area (Å²) >= 11 is 0. The lowest BCUT2D eigenvalue weighted by Crippen LogP contribution is -2.40. The molecule has 96 valence electrons. The van der Waals surface area contributed by atoms with Gasteiger partial charge in [-0.05, 0) is 39.7 Å². The molecule has 0 bridgehead atoms. The molecular formula is C11H18N2O4. The Hall–Kier alpha value is -1.59. The highest BCUT2D eigenvalue weighted by molar-refractivity contribution is 5.68. The first kappa shape index (κ1) is 13.5. The Labute approximate surface area is 100 Å². The molecule has 1 aliphatic carbocycles. The maximum Gasteiger partial charge on any atom is 0.407 e. The van der Waals surface area contributed by atoms with Crippen LogP contribution >= 0.6 is 0 Å².